The molecule has 1 N–H and O–H groups in total. The van der Waals surface area contributed by atoms with Gasteiger partial charge in [0.15, 0.2) is 0 Å². The molecule has 2 amide bonds. The molecule has 154 valence electrons. The Labute approximate surface area is 168 Å². The van der Waals surface area contributed by atoms with E-state index in [1.807, 2.05) is 25.1 Å². The first-order valence-corrected chi connectivity index (χ1v) is 10.0. The van der Waals surface area contributed by atoms with Gasteiger partial charge in [0.25, 0.3) is 5.56 Å². The van der Waals surface area contributed by atoms with Crippen LogP contribution in [0, 0.1) is 0 Å². The molecule has 0 radical (unpaired) electrons. The zero-order valence-electron chi connectivity index (χ0n) is 16.8. The summed E-state index contributed by atoms with van der Waals surface area (Å²) in [6, 6.07) is 1.90. The van der Waals surface area contributed by atoms with Gasteiger partial charge in [-0.3, -0.25) is 14.4 Å². The normalized spacial score (nSPS) is 19.8. The molecule has 0 unspecified atom stereocenters. The zero-order valence-corrected chi connectivity index (χ0v) is 16.8. The molecular weight excluding hydrogens is 372 g/mol. The Balaban J connectivity index is 1.54. The molecule has 9 nitrogen and oxygen atoms in total. The van der Waals surface area contributed by atoms with E-state index in [1.54, 1.807) is 16.0 Å². The molecule has 4 heterocycles. The summed E-state index contributed by atoms with van der Waals surface area (Å²) in [5.74, 6) is 0.620. The maximum Gasteiger partial charge on any atom is 0.259 e. The molecule has 0 aliphatic carbocycles. The molecule has 2 aliphatic rings. The third-order valence-electron chi connectivity index (χ3n) is 5.71. The van der Waals surface area contributed by atoms with Crippen LogP contribution in [0.1, 0.15) is 37.3 Å². The number of aromatic amines is 1. The van der Waals surface area contributed by atoms with Crippen LogP contribution in [0.4, 0.5) is 5.95 Å². The average Bonchev–Trinajstić information content (AvgIpc) is 3.12. The fourth-order valence-corrected chi connectivity index (χ4v) is 4.08. The third kappa shape index (κ3) is 3.94. The average molecular weight is 398 g/mol. The topological polar surface area (TPSA) is 103 Å². The van der Waals surface area contributed by atoms with Crippen LogP contribution in [0.25, 0.3) is 10.9 Å². The van der Waals surface area contributed by atoms with E-state index in [4.69, 9.17) is 0 Å². The van der Waals surface area contributed by atoms with Gasteiger partial charge in [-0.1, -0.05) is 0 Å². The highest BCUT2D eigenvalue weighted by molar-refractivity contribution is 5.86. The Morgan fingerprint density at radius 3 is 2.83 bits per heavy atom. The van der Waals surface area contributed by atoms with E-state index < -0.39 is 0 Å². The van der Waals surface area contributed by atoms with Crippen LogP contribution < -0.4 is 10.5 Å². The van der Waals surface area contributed by atoms with Crippen molar-refractivity contribution < 1.29 is 9.59 Å². The highest BCUT2D eigenvalue weighted by Crippen LogP contribution is 2.27. The molecular formula is C20H26N6O3. The molecule has 0 saturated carbocycles. The van der Waals surface area contributed by atoms with Crippen LogP contribution in [0.15, 0.2) is 17.1 Å². The van der Waals surface area contributed by atoms with Crippen molar-refractivity contribution in [2.75, 3.05) is 45.2 Å². The lowest BCUT2D eigenvalue weighted by molar-refractivity contribution is -0.139. The largest absolute Gasteiger partial charge is 0.347 e. The summed E-state index contributed by atoms with van der Waals surface area (Å²) in [4.78, 5) is 54.0. The number of fused-ring (bicyclic) bond motifs is 1. The van der Waals surface area contributed by atoms with Crippen molar-refractivity contribution in [1.29, 1.82) is 0 Å². The standard InChI is InChI=1S/C20H26N6O3/c1-24(2)20-21-10-14-16(23-20)9-15(22-19(14)29)13-5-3-7-25(11-13)18(28)12-26-8-4-6-17(26)27/h9-10,13H,3-8,11-12H2,1-2H3,(H,22,29)/t13-/m0/s1. The number of nitrogens with zero attached hydrogens (tertiary/aromatic N) is 5. The van der Waals surface area contributed by atoms with Gasteiger partial charge in [-0.15, -0.1) is 0 Å². The van der Waals surface area contributed by atoms with Crippen molar-refractivity contribution in [3.8, 4) is 0 Å². The highest BCUT2D eigenvalue weighted by atomic mass is 16.2. The molecule has 1 atom stereocenters. The maximum atomic E-state index is 12.7. The molecule has 0 bridgehead atoms. The number of carbonyl (C=O) groups excluding carboxylic acids is 2. The summed E-state index contributed by atoms with van der Waals surface area (Å²) in [6.45, 7) is 2.03. The summed E-state index contributed by atoms with van der Waals surface area (Å²) in [5, 5.41) is 0.454. The molecule has 4 rings (SSSR count). The van der Waals surface area contributed by atoms with E-state index in [9.17, 15) is 14.4 Å². The first kappa shape index (κ1) is 19.4. The van der Waals surface area contributed by atoms with Crippen molar-refractivity contribution in [3.05, 3.63) is 28.3 Å². The molecule has 2 aromatic rings. The first-order valence-electron chi connectivity index (χ1n) is 10.0. The fourth-order valence-electron chi connectivity index (χ4n) is 4.08. The van der Waals surface area contributed by atoms with E-state index >= 15 is 0 Å². The van der Waals surface area contributed by atoms with Crippen LogP contribution >= 0.6 is 0 Å². The second-order valence-electron chi connectivity index (χ2n) is 8.01. The lowest BCUT2D eigenvalue weighted by atomic mass is 9.94. The number of anilines is 1. The summed E-state index contributed by atoms with van der Waals surface area (Å²) < 4.78 is 0. The molecule has 0 aromatic carbocycles. The maximum absolute atomic E-state index is 12.7. The minimum absolute atomic E-state index is 0.0229. The van der Waals surface area contributed by atoms with Gasteiger partial charge in [-0.05, 0) is 25.3 Å². The third-order valence-corrected chi connectivity index (χ3v) is 5.71. The van der Waals surface area contributed by atoms with Gasteiger partial charge >= 0.3 is 0 Å². The summed E-state index contributed by atoms with van der Waals surface area (Å²) >= 11 is 0. The second kappa shape index (κ2) is 7.81. The number of nitrogens with one attached hydrogen (secondary N) is 1. The van der Waals surface area contributed by atoms with Crippen LogP contribution in [0.3, 0.4) is 0 Å². The number of H-pyrrole nitrogens is 1. The Hall–Kier alpha value is -2.97. The number of amides is 2. The lowest BCUT2D eigenvalue weighted by Crippen LogP contribution is -2.45. The zero-order chi connectivity index (χ0) is 20.5. The number of pyridine rings is 1. The van der Waals surface area contributed by atoms with E-state index in [0.717, 1.165) is 25.0 Å². The van der Waals surface area contributed by atoms with Gasteiger partial charge < -0.3 is 19.7 Å². The summed E-state index contributed by atoms with van der Waals surface area (Å²) in [7, 11) is 3.70. The molecule has 9 heteroatoms. The Morgan fingerprint density at radius 1 is 1.28 bits per heavy atom. The van der Waals surface area contributed by atoms with Crippen LogP contribution in [-0.4, -0.2) is 76.8 Å². The van der Waals surface area contributed by atoms with E-state index in [-0.39, 0.29) is 29.8 Å². The minimum Gasteiger partial charge on any atom is -0.347 e. The van der Waals surface area contributed by atoms with Crippen LogP contribution in [0.2, 0.25) is 0 Å². The molecule has 2 saturated heterocycles. The van der Waals surface area contributed by atoms with Gasteiger partial charge in [0, 0.05) is 58.0 Å². The van der Waals surface area contributed by atoms with E-state index in [2.05, 4.69) is 15.0 Å². The van der Waals surface area contributed by atoms with Crippen molar-refractivity contribution in [1.82, 2.24) is 24.8 Å². The monoisotopic (exact) mass is 398 g/mol. The Bertz CT molecular complexity index is 1000. The van der Waals surface area contributed by atoms with Gasteiger partial charge in [0.2, 0.25) is 17.8 Å². The number of hydrogen-bond donors (Lipinski definition) is 1. The number of rotatable bonds is 4. The molecule has 29 heavy (non-hydrogen) atoms. The van der Waals surface area contributed by atoms with Gasteiger partial charge in [-0.2, -0.15) is 0 Å². The van der Waals surface area contributed by atoms with Gasteiger partial charge in [-0.25, -0.2) is 9.97 Å². The van der Waals surface area contributed by atoms with Crippen LogP contribution in [0.5, 0.6) is 0 Å². The minimum atomic E-state index is -0.214. The lowest BCUT2D eigenvalue weighted by Gasteiger charge is -2.33. The number of carbonyl (C=O) groups is 2. The number of likely N-dealkylation sites (tertiary alicyclic amines) is 2. The fraction of sp³-hybridized carbons (Fsp3) is 0.550. The first-order chi connectivity index (χ1) is 13.9. The Morgan fingerprint density at radius 2 is 2.10 bits per heavy atom. The van der Waals surface area contributed by atoms with Gasteiger partial charge in [0.05, 0.1) is 17.4 Å². The summed E-state index contributed by atoms with van der Waals surface area (Å²) in [5.41, 5.74) is 1.18. The quantitative estimate of drug-likeness (QED) is 0.814. The predicted molar refractivity (Wildman–Crippen MR) is 109 cm³/mol. The Kier molecular flexibility index (Phi) is 5.21. The molecule has 2 aliphatic heterocycles. The van der Waals surface area contributed by atoms with Crippen molar-refractivity contribution in [2.45, 2.75) is 31.6 Å². The van der Waals surface area contributed by atoms with E-state index in [0.29, 0.717) is 42.9 Å². The molecule has 0 spiro atoms. The van der Waals surface area contributed by atoms with Crippen LogP contribution in [-0.2, 0) is 9.59 Å². The van der Waals surface area contributed by atoms with Gasteiger partial charge in [0.1, 0.15) is 0 Å². The van der Waals surface area contributed by atoms with Crippen molar-refractivity contribution in [2.24, 2.45) is 0 Å². The highest BCUT2D eigenvalue weighted by Gasteiger charge is 2.29. The summed E-state index contributed by atoms with van der Waals surface area (Å²) in [6.07, 6.45) is 4.65. The number of piperidine rings is 1. The van der Waals surface area contributed by atoms with Crippen molar-refractivity contribution >= 4 is 28.7 Å². The van der Waals surface area contributed by atoms with Crippen molar-refractivity contribution in [3.63, 3.8) is 0 Å². The number of aromatic nitrogens is 3. The molecule has 2 aromatic heterocycles. The molecule has 2 fully saturated rings. The predicted octanol–water partition coefficient (Wildman–Crippen LogP) is 0.713. The number of hydrogen-bond acceptors (Lipinski definition) is 6. The SMILES string of the molecule is CN(C)c1ncc2c(=O)[nH]c([C@H]3CCCN(C(=O)CN4CCCC4=O)C3)cc2n1. The smallest absolute Gasteiger partial charge is 0.259 e. The van der Waals surface area contributed by atoms with E-state index in [1.165, 1.54) is 0 Å². The second-order valence-corrected chi connectivity index (χ2v) is 8.01.